The second-order valence-corrected chi connectivity index (χ2v) is 8.97. The highest BCUT2D eigenvalue weighted by atomic mass is 32.2. The molecular weight excluding hydrogens is 380 g/mol. The molecule has 5 rings (SSSR count). The largest absolute Gasteiger partial charge is 0.486 e. The van der Waals surface area contributed by atoms with Crippen molar-refractivity contribution in [1.82, 2.24) is 9.29 Å². The van der Waals surface area contributed by atoms with Crippen molar-refractivity contribution in [3.63, 3.8) is 0 Å². The fraction of sp³-hybridized carbons (Fsp3) is 0.350. The van der Waals surface area contributed by atoms with Crippen LogP contribution in [0.5, 0.6) is 11.5 Å². The molecule has 3 heterocycles. The fourth-order valence-electron chi connectivity index (χ4n) is 3.76. The first kappa shape index (κ1) is 17.5. The quantitative estimate of drug-likeness (QED) is 0.672. The third-order valence-electron chi connectivity index (χ3n) is 5.20. The lowest BCUT2D eigenvalue weighted by atomic mass is 10.00. The average molecular weight is 400 g/mol. The van der Waals surface area contributed by atoms with Crippen LogP contribution in [0.25, 0.3) is 11.1 Å². The Bertz CT molecular complexity index is 1090. The van der Waals surface area contributed by atoms with Crippen LogP contribution in [0.1, 0.15) is 24.7 Å². The van der Waals surface area contributed by atoms with E-state index in [4.69, 9.17) is 13.9 Å². The molecule has 2 aliphatic rings. The van der Waals surface area contributed by atoms with Crippen LogP contribution in [0.2, 0.25) is 0 Å². The second-order valence-electron chi connectivity index (χ2n) is 7.03. The van der Waals surface area contributed by atoms with Crippen LogP contribution < -0.4 is 9.47 Å². The summed E-state index contributed by atoms with van der Waals surface area (Å²) in [5.74, 6) is 1.59. The van der Waals surface area contributed by atoms with E-state index in [1.54, 1.807) is 18.2 Å². The van der Waals surface area contributed by atoms with Gasteiger partial charge in [-0.1, -0.05) is 12.1 Å². The predicted octanol–water partition coefficient (Wildman–Crippen LogP) is 3.17. The van der Waals surface area contributed by atoms with E-state index in [-0.39, 0.29) is 10.8 Å². The summed E-state index contributed by atoms with van der Waals surface area (Å²) < 4.78 is 44.8. The Kier molecular flexibility index (Phi) is 4.25. The normalized spacial score (nSPS) is 20.4. The first-order valence-corrected chi connectivity index (χ1v) is 10.8. The van der Waals surface area contributed by atoms with Gasteiger partial charge in [0.1, 0.15) is 18.7 Å². The highest BCUT2D eigenvalue weighted by Gasteiger charge is 2.33. The summed E-state index contributed by atoms with van der Waals surface area (Å²) in [4.78, 5) is 4.78. The zero-order chi connectivity index (χ0) is 19.1. The lowest BCUT2D eigenvalue weighted by Gasteiger charge is -2.30. The number of hydrogen-bond donors (Lipinski definition) is 0. The summed E-state index contributed by atoms with van der Waals surface area (Å²) in [5.41, 5.74) is 1.52. The van der Waals surface area contributed by atoms with Gasteiger partial charge in [-0.3, -0.25) is 0 Å². The Balaban J connectivity index is 1.42. The molecule has 0 amide bonds. The molecule has 1 fully saturated rings. The highest BCUT2D eigenvalue weighted by molar-refractivity contribution is 7.89. The topological polar surface area (TPSA) is 81.9 Å². The summed E-state index contributed by atoms with van der Waals surface area (Å²) in [6.45, 7) is 1.72. The van der Waals surface area contributed by atoms with Crippen molar-refractivity contribution in [2.75, 3.05) is 26.3 Å². The van der Waals surface area contributed by atoms with Gasteiger partial charge in [-0.05, 0) is 37.1 Å². The van der Waals surface area contributed by atoms with E-state index in [9.17, 15) is 8.42 Å². The van der Waals surface area contributed by atoms with Crippen LogP contribution in [-0.4, -0.2) is 44.0 Å². The molecule has 1 unspecified atom stereocenters. The van der Waals surface area contributed by atoms with Crippen LogP contribution in [0.15, 0.2) is 51.8 Å². The summed E-state index contributed by atoms with van der Waals surface area (Å²) in [6, 6.07) is 12.4. The number of benzene rings is 2. The van der Waals surface area contributed by atoms with Gasteiger partial charge in [0.15, 0.2) is 23.0 Å². The average Bonchev–Trinajstić information content (AvgIpc) is 3.18. The van der Waals surface area contributed by atoms with Crippen molar-refractivity contribution < 1.29 is 22.3 Å². The van der Waals surface area contributed by atoms with Gasteiger partial charge >= 0.3 is 0 Å². The first-order valence-electron chi connectivity index (χ1n) is 9.36. The second kappa shape index (κ2) is 6.79. The van der Waals surface area contributed by atoms with Crippen molar-refractivity contribution in [2.24, 2.45) is 0 Å². The number of hydrogen-bond acceptors (Lipinski definition) is 6. The van der Waals surface area contributed by atoms with Gasteiger partial charge in [-0.25, -0.2) is 13.4 Å². The van der Waals surface area contributed by atoms with Crippen LogP contribution in [0, 0.1) is 0 Å². The molecule has 0 radical (unpaired) electrons. The van der Waals surface area contributed by atoms with Gasteiger partial charge in [-0.15, -0.1) is 0 Å². The molecule has 0 saturated carbocycles. The monoisotopic (exact) mass is 400 g/mol. The Morgan fingerprint density at radius 3 is 2.71 bits per heavy atom. The first-order chi connectivity index (χ1) is 13.6. The Morgan fingerprint density at radius 2 is 1.86 bits per heavy atom. The number of piperidine rings is 1. The van der Waals surface area contributed by atoms with Crippen molar-refractivity contribution in [3.8, 4) is 11.5 Å². The Hall–Kier alpha value is -2.58. The van der Waals surface area contributed by atoms with E-state index < -0.39 is 10.0 Å². The van der Waals surface area contributed by atoms with E-state index in [0.717, 1.165) is 23.9 Å². The Morgan fingerprint density at radius 1 is 1.04 bits per heavy atom. The number of aromatic nitrogens is 1. The lowest BCUT2D eigenvalue weighted by Crippen LogP contribution is -2.39. The number of oxazole rings is 1. The molecule has 0 spiro atoms. The Labute approximate surface area is 162 Å². The smallest absolute Gasteiger partial charge is 0.243 e. The maximum atomic E-state index is 13.2. The molecule has 1 atom stereocenters. The fourth-order valence-corrected chi connectivity index (χ4v) is 5.30. The van der Waals surface area contributed by atoms with Crippen LogP contribution >= 0.6 is 0 Å². The van der Waals surface area contributed by atoms with E-state index in [0.29, 0.717) is 43.7 Å². The van der Waals surface area contributed by atoms with Gasteiger partial charge in [0.2, 0.25) is 10.0 Å². The van der Waals surface area contributed by atoms with E-state index in [1.165, 1.54) is 4.31 Å². The SMILES string of the molecule is O=S(=O)(c1ccc2c(c1)OCCO2)N1CCCC(c2nc3ccccc3o2)C1. The van der Waals surface area contributed by atoms with Crippen molar-refractivity contribution in [3.05, 3.63) is 48.4 Å². The molecule has 8 heteroatoms. The molecule has 0 aliphatic carbocycles. The summed E-state index contributed by atoms with van der Waals surface area (Å²) in [5, 5.41) is 0. The molecule has 146 valence electrons. The number of para-hydroxylation sites is 2. The van der Waals surface area contributed by atoms with Crippen molar-refractivity contribution >= 4 is 21.1 Å². The number of nitrogens with zero attached hydrogens (tertiary/aromatic N) is 2. The van der Waals surface area contributed by atoms with E-state index in [2.05, 4.69) is 4.98 Å². The lowest BCUT2D eigenvalue weighted by molar-refractivity contribution is 0.171. The van der Waals surface area contributed by atoms with Crippen LogP contribution in [0.4, 0.5) is 0 Å². The van der Waals surface area contributed by atoms with Crippen LogP contribution in [0.3, 0.4) is 0 Å². The molecule has 3 aromatic rings. The van der Waals surface area contributed by atoms with Gasteiger partial charge < -0.3 is 13.9 Å². The molecule has 2 aromatic carbocycles. The number of ether oxygens (including phenoxy) is 2. The minimum Gasteiger partial charge on any atom is -0.486 e. The predicted molar refractivity (Wildman–Crippen MR) is 102 cm³/mol. The molecular formula is C20H20N2O5S. The standard InChI is InChI=1S/C20H20N2O5S/c23-28(24,15-7-8-18-19(12-15)26-11-10-25-18)22-9-3-4-14(13-22)20-21-16-5-1-2-6-17(16)27-20/h1-2,5-8,12,14H,3-4,9-11,13H2. The van der Waals surface area contributed by atoms with Gasteiger partial charge in [-0.2, -0.15) is 4.31 Å². The molecule has 1 aromatic heterocycles. The molecule has 28 heavy (non-hydrogen) atoms. The van der Waals surface area contributed by atoms with Crippen LogP contribution in [-0.2, 0) is 10.0 Å². The van der Waals surface area contributed by atoms with Gasteiger partial charge in [0, 0.05) is 25.1 Å². The zero-order valence-electron chi connectivity index (χ0n) is 15.2. The molecule has 1 saturated heterocycles. The maximum absolute atomic E-state index is 13.2. The maximum Gasteiger partial charge on any atom is 0.243 e. The number of rotatable bonds is 3. The van der Waals surface area contributed by atoms with Crippen molar-refractivity contribution in [1.29, 1.82) is 0 Å². The number of fused-ring (bicyclic) bond motifs is 2. The minimum absolute atomic E-state index is 0.0619. The molecule has 0 bridgehead atoms. The number of sulfonamides is 1. The summed E-state index contributed by atoms with van der Waals surface area (Å²) in [7, 11) is -3.64. The van der Waals surface area contributed by atoms with E-state index in [1.807, 2.05) is 24.3 Å². The molecule has 7 nitrogen and oxygen atoms in total. The molecule has 0 N–H and O–H groups in total. The third-order valence-corrected chi connectivity index (χ3v) is 7.06. The minimum atomic E-state index is -3.64. The van der Waals surface area contributed by atoms with Gasteiger partial charge in [0.05, 0.1) is 4.90 Å². The third kappa shape index (κ3) is 3.02. The van der Waals surface area contributed by atoms with Crippen molar-refractivity contribution in [2.45, 2.75) is 23.7 Å². The van der Waals surface area contributed by atoms with E-state index >= 15 is 0 Å². The molecule has 2 aliphatic heterocycles. The van der Waals surface area contributed by atoms with Gasteiger partial charge in [0.25, 0.3) is 0 Å². The zero-order valence-corrected chi connectivity index (χ0v) is 16.0. The summed E-state index contributed by atoms with van der Waals surface area (Å²) in [6.07, 6.45) is 1.60. The highest BCUT2D eigenvalue weighted by Crippen LogP contribution is 2.35. The summed E-state index contributed by atoms with van der Waals surface area (Å²) >= 11 is 0.